The third kappa shape index (κ3) is 6.54. The van der Waals surface area contributed by atoms with Crippen molar-refractivity contribution in [1.29, 1.82) is 0 Å². The molecule has 250 valence electrons. The average Bonchev–Trinajstić information content (AvgIpc) is 3.41. The summed E-state index contributed by atoms with van der Waals surface area (Å²) in [6.45, 7) is 8.43. The molecular formula is C30H39F3N8O5. The van der Waals surface area contributed by atoms with E-state index in [1.165, 1.54) is 21.7 Å². The van der Waals surface area contributed by atoms with E-state index < -0.39 is 41.0 Å². The van der Waals surface area contributed by atoms with Crippen LogP contribution in [0.1, 0.15) is 33.3 Å². The summed E-state index contributed by atoms with van der Waals surface area (Å²) >= 11 is 0. The molecule has 2 aromatic rings. The number of benzene rings is 1. The van der Waals surface area contributed by atoms with E-state index in [1.54, 1.807) is 17.0 Å². The Morgan fingerprint density at radius 1 is 0.978 bits per heavy atom. The van der Waals surface area contributed by atoms with Crippen molar-refractivity contribution < 1.29 is 32.7 Å². The minimum atomic E-state index is -4.91. The van der Waals surface area contributed by atoms with Crippen molar-refractivity contribution in [3.8, 4) is 5.69 Å². The zero-order chi connectivity index (χ0) is 33.8. The second-order valence-corrected chi connectivity index (χ2v) is 13.4. The fraction of sp³-hybridized carbons (Fsp3) is 0.567. The lowest BCUT2D eigenvalue weighted by molar-refractivity contribution is -0.194. The number of alkyl halides is 3. The molecule has 3 aliphatic rings. The highest BCUT2D eigenvalue weighted by molar-refractivity contribution is 5.89. The van der Waals surface area contributed by atoms with Crippen LogP contribution in [0.25, 0.3) is 5.69 Å². The second kappa shape index (κ2) is 11.9. The minimum Gasteiger partial charge on any atom is -0.465 e. The number of nitrogens with two attached hydrogens (primary N) is 1. The zero-order valence-corrected chi connectivity index (χ0v) is 26.1. The minimum absolute atomic E-state index is 0.00630. The van der Waals surface area contributed by atoms with Crippen molar-refractivity contribution in [2.75, 3.05) is 44.6 Å². The Labute approximate surface area is 263 Å². The number of fused-ring (bicyclic) bond motifs is 1. The van der Waals surface area contributed by atoms with Crippen LogP contribution in [0.4, 0.5) is 28.6 Å². The number of nitrogens with one attached hydrogen (secondary N) is 1. The Hall–Kier alpha value is -4.18. The van der Waals surface area contributed by atoms with E-state index in [-0.39, 0.29) is 38.0 Å². The first-order chi connectivity index (χ1) is 21.4. The first kappa shape index (κ1) is 33.2. The number of hydrogen-bond acceptors (Lipinski definition) is 7. The highest BCUT2D eigenvalue weighted by Gasteiger charge is 2.61. The first-order valence-electron chi connectivity index (χ1n) is 15.0. The molecule has 1 saturated carbocycles. The fourth-order valence-electron chi connectivity index (χ4n) is 6.40. The molecule has 1 aromatic heterocycles. The molecule has 46 heavy (non-hydrogen) atoms. The summed E-state index contributed by atoms with van der Waals surface area (Å²) in [6, 6.07) is 8.35. The topological polar surface area (TPSA) is 157 Å². The normalized spacial score (nSPS) is 23.0. The molecule has 2 aliphatic heterocycles. The largest absolute Gasteiger partial charge is 0.465 e. The van der Waals surface area contributed by atoms with E-state index in [0.29, 0.717) is 31.0 Å². The summed E-state index contributed by atoms with van der Waals surface area (Å²) in [4.78, 5) is 59.8. The molecule has 4 amide bonds. The SMILES string of the molecule is CC(C)(C)N(C(=O)O)C1C2CN(Cc3ccc(-n4ccc(NC(=O)N5CCN(C(=O)C(C)(N)C(F)(F)F)CC5)nc4=O)cc3)CC21. The van der Waals surface area contributed by atoms with E-state index in [1.807, 2.05) is 32.9 Å². The predicted molar refractivity (Wildman–Crippen MR) is 161 cm³/mol. The van der Waals surface area contributed by atoms with Gasteiger partial charge in [-0.15, -0.1) is 0 Å². The molecule has 4 N–H and O–H groups in total. The van der Waals surface area contributed by atoms with Crippen LogP contribution in [0.5, 0.6) is 0 Å². The van der Waals surface area contributed by atoms with Crippen molar-refractivity contribution in [2.45, 2.75) is 57.5 Å². The van der Waals surface area contributed by atoms with Crippen LogP contribution in [0, 0.1) is 11.8 Å². The van der Waals surface area contributed by atoms with Crippen LogP contribution in [-0.2, 0) is 11.3 Å². The molecule has 3 fully saturated rings. The standard InChI is InChI=1S/C30H39F3N8O5/c1-28(2,3)41(27(45)46)23-20-16-37(17-21(20)23)15-18-5-7-19(8-6-18)40-10-9-22(36-26(40)44)35-25(43)39-13-11-38(12-14-39)24(42)29(4,34)30(31,32)33/h5-10,20-21,23H,11-17,34H2,1-4H3,(H,45,46)(H,35,36,43,44). The van der Waals surface area contributed by atoms with Gasteiger partial charge in [0, 0.05) is 63.6 Å². The lowest BCUT2D eigenvalue weighted by atomic mass is 10.0. The Bertz CT molecular complexity index is 1540. The highest BCUT2D eigenvalue weighted by Crippen LogP contribution is 2.51. The summed E-state index contributed by atoms with van der Waals surface area (Å²) in [5.41, 5.74) is 2.78. The van der Waals surface area contributed by atoms with Crippen LogP contribution in [-0.4, -0.2) is 115 Å². The smallest absolute Gasteiger partial charge is 0.415 e. The first-order valence-corrected chi connectivity index (χ1v) is 15.0. The second-order valence-electron chi connectivity index (χ2n) is 13.4. The number of halogens is 3. The Morgan fingerprint density at radius 3 is 2.04 bits per heavy atom. The number of piperidine rings is 1. The summed E-state index contributed by atoms with van der Waals surface area (Å²) in [5.74, 6) is -0.591. The number of amides is 4. The van der Waals surface area contributed by atoms with Gasteiger partial charge in [0.1, 0.15) is 5.82 Å². The summed E-state index contributed by atoms with van der Waals surface area (Å²) in [6.07, 6.45) is -4.31. The zero-order valence-electron chi connectivity index (χ0n) is 26.1. The number of nitrogens with zero attached hydrogens (tertiary/aromatic N) is 6. The molecule has 0 bridgehead atoms. The van der Waals surface area contributed by atoms with Gasteiger partial charge in [-0.05, 0) is 63.3 Å². The lowest BCUT2D eigenvalue weighted by Crippen LogP contribution is -2.64. The summed E-state index contributed by atoms with van der Waals surface area (Å²) < 4.78 is 40.8. The Morgan fingerprint density at radius 2 is 1.54 bits per heavy atom. The van der Waals surface area contributed by atoms with Crippen LogP contribution < -0.4 is 16.7 Å². The van der Waals surface area contributed by atoms with E-state index >= 15 is 0 Å². The highest BCUT2D eigenvalue weighted by atomic mass is 19.4. The van der Waals surface area contributed by atoms with Gasteiger partial charge in [0.25, 0.3) is 5.91 Å². The number of carbonyl (C=O) groups is 3. The fourth-order valence-corrected chi connectivity index (χ4v) is 6.40. The van der Waals surface area contributed by atoms with Crippen LogP contribution in [0.2, 0.25) is 0 Å². The van der Waals surface area contributed by atoms with Crippen LogP contribution >= 0.6 is 0 Å². The number of urea groups is 1. The van der Waals surface area contributed by atoms with Gasteiger partial charge in [0.15, 0.2) is 5.54 Å². The van der Waals surface area contributed by atoms with E-state index in [4.69, 9.17) is 5.73 Å². The molecule has 1 aliphatic carbocycles. The number of anilines is 1. The maximum Gasteiger partial charge on any atom is 0.415 e. The van der Waals surface area contributed by atoms with Gasteiger partial charge in [0.2, 0.25) is 0 Å². The van der Waals surface area contributed by atoms with Crippen molar-refractivity contribution >= 4 is 23.8 Å². The average molecular weight is 649 g/mol. The Kier molecular flexibility index (Phi) is 8.57. The van der Waals surface area contributed by atoms with Gasteiger partial charge in [-0.2, -0.15) is 18.2 Å². The van der Waals surface area contributed by atoms with E-state index in [0.717, 1.165) is 23.6 Å². The number of rotatable bonds is 6. The summed E-state index contributed by atoms with van der Waals surface area (Å²) in [7, 11) is 0. The van der Waals surface area contributed by atoms with Gasteiger partial charge in [-0.1, -0.05) is 12.1 Å². The number of hydrogen-bond donors (Lipinski definition) is 3. The molecule has 3 heterocycles. The molecule has 5 rings (SSSR count). The van der Waals surface area contributed by atoms with Crippen molar-refractivity contribution in [3.05, 3.63) is 52.6 Å². The van der Waals surface area contributed by atoms with Crippen molar-refractivity contribution in [2.24, 2.45) is 17.6 Å². The maximum absolute atomic E-state index is 13.1. The molecule has 1 aromatic carbocycles. The van der Waals surface area contributed by atoms with Crippen molar-refractivity contribution in [3.63, 3.8) is 0 Å². The van der Waals surface area contributed by atoms with Gasteiger partial charge in [-0.25, -0.2) is 14.4 Å². The molecule has 3 unspecified atom stereocenters. The molecule has 16 heteroatoms. The quantitative estimate of drug-likeness (QED) is 0.431. The number of likely N-dealkylation sites (tertiary alicyclic amines) is 1. The van der Waals surface area contributed by atoms with Gasteiger partial charge in [-0.3, -0.25) is 24.5 Å². The van der Waals surface area contributed by atoms with Crippen molar-refractivity contribution in [1.82, 2.24) is 29.2 Å². The van der Waals surface area contributed by atoms with Gasteiger partial charge in [0.05, 0.1) is 5.69 Å². The molecule has 0 spiro atoms. The predicted octanol–water partition coefficient (Wildman–Crippen LogP) is 2.40. The lowest BCUT2D eigenvalue weighted by Gasteiger charge is -2.38. The molecule has 2 saturated heterocycles. The summed E-state index contributed by atoms with van der Waals surface area (Å²) in [5, 5.41) is 12.2. The Balaban J connectivity index is 1.12. The number of piperazine rings is 1. The van der Waals surface area contributed by atoms with Crippen LogP contribution in [0.3, 0.4) is 0 Å². The maximum atomic E-state index is 13.1. The van der Waals surface area contributed by atoms with E-state index in [2.05, 4.69) is 15.2 Å². The third-order valence-electron chi connectivity index (χ3n) is 9.00. The van der Waals surface area contributed by atoms with Gasteiger partial charge >= 0.3 is 24.0 Å². The number of carbonyl (C=O) groups excluding carboxylic acids is 2. The third-order valence-corrected chi connectivity index (χ3v) is 9.00. The molecule has 13 nitrogen and oxygen atoms in total. The van der Waals surface area contributed by atoms with Crippen LogP contribution in [0.15, 0.2) is 41.3 Å². The molecule has 3 atom stereocenters. The monoisotopic (exact) mass is 648 g/mol. The number of carboxylic acid groups (broad SMARTS) is 1. The number of aromatic nitrogens is 2. The van der Waals surface area contributed by atoms with Gasteiger partial charge < -0.3 is 20.6 Å². The van der Waals surface area contributed by atoms with E-state index in [9.17, 15) is 37.5 Å². The molecular weight excluding hydrogens is 609 g/mol. The molecule has 0 radical (unpaired) electrons.